The molecule has 0 atom stereocenters. The van der Waals surface area contributed by atoms with Gasteiger partial charge in [0, 0.05) is 67.0 Å². The number of hydrogen-bond donors (Lipinski definition) is 2. The number of hydrogen-bond acceptors (Lipinski definition) is 4. The fraction of sp³-hybridized carbons (Fsp3) is 0.0784. The summed E-state index contributed by atoms with van der Waals surface area (Å²) in [7, 11) is 0. The van der Waals surface area contributed by atoms with E-state index in [-0.39, 0.29) is 23.0 Å². The minimum absolute atomic E-state index is 0. The van der Waals surface area contributed by atoms with Gasteiger partial charge in [0.2, 0.25) is 0 Å². The summed E-state index contributed by atoms with van der Waals surface area (Å²) in [4.78, 5) is 30.3. The zero-order chi connectivity index (χ0) is 38.7. The Kier molecular flexibility index (Phi) is 11.0. The van der Waals surface area contributed by atoms with Crippen LogP contribution in [0.15, 0.2) is 152 Å². The van der Waals surface area contributed by atoms with E-state index in [9.17, 15) is 4.79 Å². The largest absolute Gasteiger partial charge is 0.462 e. The van der Waals surface area contributed by atoms with Crippen LogP contribution in [-0.4, -0.2) is 32.5 Å². The van der Waals surface area contributed by atoms with E-state index in [0.717, 1.165) is 108 Å². The molecule has 0 saturated carbocycles. The molecule has 4 aromatic carbocycles. The van der Waals surface area contributed by atoms with Crippen molar-refractivity contribution in [3.63, 3.8) is 0 Å². The van der Waals surface area contributed by atoms with Crippen LogP contribution < -0.4 is 0 Å². The van der Waals surface area contributed by atoms with Crippen molar-refractivity contribution in [1.82, 2.24) is 19.9 Å². The van der Waals surface area contributed by atoms with E-state index in [2.05, 4.69) is 162 Å². The normalized spacial score (nSPS) is 11.6. The summed E-state index contributed by atoms with van der Waals surface area (Å²) in [5.74, 6) is -0.351. The summed E-state index contributed by atoms with van der Waals surface area (Å²) in [6, 6.07) is 48.6. The van der Waals surface area contributed by atoms with E-state index in [0.29, 0.717) is 12.2 Å². The molecule has 0 spiro atoms. The average Bonchev–Trinajstić information content (AvgIpc) is 4.09. The molecule has 2 aliphatic heterocycles. The predicted octanol–water partition coefficient (Wildman–Crippen LogP) is 12.4. The second-order valence-electron chi connectivity index (χ2n) is 14.3. The number of fused-ring (bicyclic) bond motifs is 8. The van der Waals surface area contributed by atoms with Gasteiger partial charge in [0.25, 0.3) is 0 Å². The maximum absolute atomic E-state index is 11.9. The van der Waals surface area contributed by atoms with Crippen molar-refractivity contribution >= 4 is 52.3 Å². The number of carbonyl (C=O) groups excluding carboxylic acids is 1. The molecule has 0 unspecified atom stereocenters. The van der Waals surface area contributed by atoms with E-state index in [1.54, 1.807) is 6.92 Å². The van der Waals surface area contributed by atoms with Gasteiger partial charge in [-0.05, 0) is 96.2 Å². The smallest absolute Gasteiger partial charge is 0.333 e. The van der Waals surface area contributed by atoms with Crippen molar-refractivity contribution in [3.8, 4) is 44.5 Å². The SMILES string of the molecule is C=C(C)C(=O)OCCCc1ccc(-c2c3nc(c(-c4ccccc4)c4ccc([nH]4)c(-c4ccccc4)c4nc(c(-c5ccccc5)c5ccc2[nH]5)C=C4)C=C3)cc1.[Cu]. The van der Waals surface area contributed by atoms with Crippen LogP contribution in [0.5, 0.6) is 0 Å². The number of benzene rings is 4. The zero-order valence-corrected chi connectivity index (χ0v) is 32.9. The number of rotatable bonds is 9. The summed E-state index contributed by atoms with van der Waals surface area (Å²) in [6.45, 7) is 5.69. The van der Waals surface area contributed by atoms with Crippen LogP contribution in [0.25, 0.3) is 90.9 Å². The summed E-state index contributed by atoms with van der Waals surface area (Å²) < 4.78 is 5.33. The first kappa shape index (κ1) is 38.1. The number of aromatic nitrogens is 4. The number of carbonyl (C=O) groups is 1. The molecule has 8 bridgehead atoms. The zero-order valence-electron chi connectivity index (χ0n) is 31.9. The Hall–Kier alpha value is -6.79. The number of esters is 1. The predicted molar refractivity (Wildman–Crippen MR) is 235 cm³/mol. The van der Waals surface area contributed by atoms with E-state index < -0.39 is 0 Å². The first-order valence-corrected chi connectivity index (χ1v) is 19.2. The van der Waals surface area contributed by atoms with Gasteiger partial charge in [0.05, 0.1) is 29.4 Å². The number of nitrogens with zero attached hydrogens (tertiary/aromatic N) is 2. The van der Waals surface area contributed by atoms with E-state index in [4.69, 9.17) is 14.7 Å². The Balaban J connectivity index is 0.00000469. The minimum Gasteiger partial charge on any atom is -0.462 e. The number of H-pyrrole nitrogens is 2. The molecule has 2 aliphatic rings. The fourth-order valence-electron chi connectivity index (χ4n) is 7.64. The van der Waals surface area contributed by atoms with Crippen LogP contribution in [0.2, 0.25) is 0 Å². The van der Waals surface area contributed by atoms with Crippen molar-refractivity contribution < 1.29 is 26.6 Å². The summed E-state index contributed by atoms with van der Waals surface area (Å²) in [5.41, 5.74) is 17.2. The molecule has 1 radical (unpaired) electrons. The van der Waals surface area contributed by atoms with Gasteiger partial charge in [-0.3, -0.25) is 0 Å². The van der Waals surface area contributed by atoms with E-state index >= 15 is 0 Å². The summed E-state index contributed by atoms with van der Waals surface area (Å²) in [6.07, 6.45) is 9.99. The number of aromatic amines is 2. The molecule has 3 aromatic heterocycles. The Bertz CT molecular complexity index is 2840. The molecule has 5 heterocycles. The molecule has 0 aliphatic carbocycles. The Morgan fingerprint density at radius 1 is 0.517 bits per heavy atom. The third-order valence-corrected chi connectivity index (χ3v) is 10.4. The molecule has 9 rings (SSSR count). The van der Waals surface area contributed by atoms with Gasteiger partial charge in [-0.1, -0.05) is 122 Å². The van der Waals surface area contributed by atoms with Crippen molar-refractivity contribution in [2.75, 3.05) is 6.61 Å². The van der Waals surface area contributed by atoms with Crippen molar-refractivity contribution in [3.05, 3.63) is 180 Å². The minimum atomic E-state index is -0.351. The molecule has 0 fully saturated rings. The van der Waals surface area contributed by atoms with Crippen LogP contribution >= 0.6 is 0 Å². The van der Waals surface area contributed by atoms with Gasteiger partial charge in [0.15, 0.2) is 0 Å². The van der Waals surface area contributed by atoms with Crippen molar-refractivity contribution in [2.24, 2.45) is 0 Å². The number of ether oxygens (including phenoxy) is 1. The molecular formula is C51H40CuN4O2. The van der Waals surface area contributed by atoms with Gasteiger partial charge >= 0.3 is 5.97 Å². The van der Waals surface area contributed by atoms with Crippen LogP contribution in [0.3, 0.4) is 0 Å². The van der Waals surface area contributed by atoms with Crippen LogP contribution in [-0.2, 0) is 33.0 Å². The maximum atomic E-state index is 11.9. The van der Waals surface area contributed by atoms with Gasteiger partial charge in [-0.25, -0.2) is 14.8 Å². The molecule has 6 nitrogen and oxygen atoms in total. The summed E-state index contributed by atoms with van der Waals surface area (Å²) >= 11 is 0. The van der Waals surface area contributed by atoms with E-state index in [1.807, 2.05) is 18.2 Å². The quantitative estimate of drug-likeness (QED) is 0.0659. The molecule has 2 N–H and O–H groups in total. The molecule has 0 saturated heterocycles. The topological polar surface area (TPSA) is 83.7 Å². The third kappa shape index (κ3) is 7.66. The third-order valence-electron chi connectivity index (χ3n) is 10.4. The first-order chi connectivity index (χ1) is 28.0. The standard InChI is InChI=1S/C51H40N4O2.Cu/c1-33(2)51(56)57-32-12-13-34-20-22-38(23-21-34)50-45-30-28-43(54-45)48(36-16-8-4-9-17-36)41-26-24-39(52-41)47(35-14-6-3-7-15-35)40-25-27-42(53-40)49(37-18-10-5-11-19-37)44-29-31-46(50)55-44;/h3-11,14-31,52,55H,1,12-13,32H2,2H3;. The molecule has 7 heteroatoms. The fourth-order valence-corrected chi connectivity index (χ4v) is 7.64. The van der Waals surface area contributed by atoms with Gasteiger partial charge in [0.1, 0.15) is 0 Å². The molecule has 0 amide bonds. The van der Waals surface area contributed by atoms with Crippen molar-refractivity contribution in [1.29, 1.82) is 0 Å². The maximum Gasteiger partial charge on any atom is 0.333 e. The Labute approximate surface area is 348 Å². The Morgan fingerprint density at radius 3 is 1.21 bits per heavy atom. The van der Waals surface area contributed by atoms with Crippen molar-refractivity contribution in [2.45, 2.75) is 19.8 Å². The average molecular weight is 804 g/mol. The molecule has 287 valence electrons. The van der Waals surface area contributed by atoms with Crippen LogP contribution in [0.1, 0.15) is 41.7 Å². The Morgan fingerprint density at radius 2 is 0.862 bits per heavy atom. The summed E-state index contributed by atoms with van der Waals surface area (Å²) in [5, 5.41) is 0. The van der Waals surface area contributed by atoms with Gasteiger partial charge < -0.3 is 14.7 Å². The van der Waals surface area contributed by atoms with Gasteiger partial charge in [-0.2, -0.15) is 0 Å². The molecular weight excluding hydrogens is 764 g/mol. The number of aryl methyl sites for hydroxylation is 1. The monoisotopic (exact) mass is 803 g/mol. The van der Waals surface area contributed by atoms with Crippen LogP contribution in [0.4, 0.5) is 0 Å². The second-order valence-corrected chi connectivity index (χ2v) is 14.3. The molecule has 7 aromatic rings. The number of nitrogens with one attached hydrogen (secondary N) is 2. The first-order valence-electron chi connectivity index (χ1n) is 19.2. The molecule has 58 heavy (non-hydrogen) atoms. The van der Waals surface area contributed by atoms with E-state index in [1.165, 1.54) is 0 Å². The van der Waals surface area contributed by atoms with Crippen LogP contribution in [0, 0.1) is 0 Å². The second kappa shape index (κ2) is 16.7. The van der Waals surface area contributed by atoms with Gasteiger partial charge in [-0.15, -0.1) is 0 Å².